The first-order valence-electron chi connectivity index (χ1n) is 7.21. The molecule has 0 fully saturated rings. The van der Waals surface area contributed by atoms with Gasteiger partial charge in [-0.25, -0.2) is 4.39 Å². The van der Waals surface area contributed by atoms with Crippen LogP contribution in [0.15, 0.2) is 36.4 Å². The van der Waals surface area contributed by atoms with Crippen LogP contribution in [0.3, 0.4) is 0 Å². The van der Waals surface area contributed by atoms with Crippen LogP contribution in [0.5, 0.6) is 0 Å². The van der Waals surface area contributed by atoms with Gasteiger partial charge in [-0.1, -0.05) is 24.3 Å². The summed E-state index contributed by atoms with van der Waals surface area (Å²) in [4.78, 5) is 2.13. The smallest absolute Gasteiger partial charge is 0.126 e. The largest absolute Gasteiger partial charge is 0.370 e. The molecule has 0 aliphatic carbocycles. The van der Waals surface area contributed by atoms with Crippen molar-refractivity contribution in [3.8, 4) is 0 Å². The molecule has 0 aromatic heterocycles. The lowest BCUT2D eigenvalue weighted by atomic mass is 10.0. The minimum atomic E-state index is -0.200. The van der Waals surface area contributed by atoms with E-state index in [0.717, 1.165) is 17.8 Å². The maximum atomic E-state index is 13.8. The molecule has 1 atom stereocenters. The van der Waals surface area contributed by atoms with E-state index < -0.39 is 0 Å². The molecule has 0 saturated carbocycles. The van der Waals surface area contributed by atoms with Gasteiger partial charge in [-0.3, -0.25) is 0 Å². The molecular weight excluding hydrogens is 263 g/mol. The molecule has 0 heterocycles. The highest BCUT2D eigenvalue weighted by molar-refractivity contribution is 5.57. The minimum Gasteiger partial charge on any atom is -0.370 e. The van der Waals surface area contributed by atoms with Gasteiger partial charge in [0.15, 0.2) is 0 Å². The van der Waals surface area contributed by atoms with Gasteiger partial charge in [-0.15, -0.1) is 0 Å². The summed E-state index contributed by atoms with van der Waals surface area (Å²) in [5, 5.41) is 0. The van der Waals surface area contributed by atoms with Crippen molar-refractivity contribution in [3.63, 3.8) is 0 Å². The van der Waals surface area contributed by atoms with Gasteiger partial charge >= 0.3 is 0 Å². The van der Waals surface area contributed by atoms with Crippen molar-refractivity contribution in [1.82, 2.24) is 0 Å². The third-order valence-corrected chi connectivity index (χ3v) is 3.88. The number of nitrogens with two attached hydrogens (primary N) is 1. The molecule has 0 saturated heterocycles. The lowest BCUT2D eigenvalue weighted by molar-refractivity contribution is 0.612. The van der Waals surface area contributed by atoms with Crippen LogP contribution in [0, 0.1) is 19.7 Å². The zero-order valence-electron chi connectivity index (χ0n) is 13.2. The summed E-state index contributed by atoms with van der Waals surface area (Å²) in [6.45, 7) is 6.55. The van der Waals surface area contributed by atoms with E-state index >= 15 is 0 Å². The average molecular weight is 286 g/mol. The predicted molar refractivity (Wildman–Crippen MR) is 87.0 cm³/mol. The Hall–Kier alpha value is -1.87. The summed E-state index contributed by atoms with van der Waals surface area (Å²) in [6, 6.07) is 11.5. The van der Waals surface area contributed by atoms with Crippen LogP contribution in [-0.4, -0.2) is 7.05 Å². The lowest BCUT2D eigenvalue weighted by Crippen LogP contribution is -2.21. The number of hydrogen-bond donors (Lipinski definition) is 1. The Morgan fingerprint density at radius 3 is 2.43 bits per heavy atom. The number of halogens is 1. The van der Waals surface area contributed by atoms with Gasteiger partial charge in [0, 0.05) is 25.3 Å². The van der Waals surface area contributed by atoms with Gasteiger partial charge in [-0.05, 0) is 55.2 Å². The van der Waals surface area contributed by atoms with E-state index in [-0.39, 0.29) is 11.9 Å². The van der Waals surface area contributed by atoms with Crippen LogP contribution < -0.4 is 10.6 Å². The fraction of sp³-hybridized carbons (Fsp3) is 0.333. The van der Waals surface area contributed by atoms with Gasteiger partial charge in [0.1, 0.15) is 5.82 Å². The number of benzene rings is 2. The van der Waals surface area contributed by atoms with Crippen LogP contribution in [0.1, 0.15) is 35.2 Å². The molecule has 0 aliphatic heterocycles. The summed E-state index contributed by atoms with van der Waals surface area (Å²) >= 11 is 0. The molecule has 2 aromatic carbocycles. The predicted octanol–water partition coefficient (Wildman–Crippen LogP) is 4.10. The van der Waals surface area contributed by atoms with Crippen LogP contribution in [0.2, 0.25) is 0 Å². The van der Waals surface area contributed by atoms with Crippen LogP contribution in [-0.2, 0) is 6.54 Å². The van der Waals surface area contributed by atoms with Crippen LogP contribution in [0.25, 0.3) is 0 Å². The number of hydrogen-bond acceptors (Lipinski definition) is 2. The van der Waals surface area contributed by atoms with Crippen LogP contribution in [0.4, 0.5) is 10.1 Å². The second-order valence-electron chi connectivity index (χ2n) is 5.73. The average Bonchev–Trinajstić information content (AvgIpc) is 2.43. The van der Waals surface area contributed by atoms with Gasteiger partial charge in [0.25, 0.3) is 0 Å². The standard InChI is InChI=1S/C18H23FN2/c1-12-7-5-6-8-15(12)11-21(4)18-9-13(2)17(19)10-16(18)14(3)20/h5-10,14H,11,20H2,1-4H3/t14-/m0/s1. The zero-order valence-corrected chi connectivity index (χ0v) is 13.2. The SMILES string of the molecule is Cc1cc(N(C)Cc2ccccc2C)c([C@H](C)N)cc1F. The maximum Gasteiger partial charge on any atom is 0.126 e. The number of anilines is 1. The third-order valence-electron chi connectivity index (χ3n) is 3.88. The fourth-order valence-electron chi connectivity index (χ4n) is 2.51. The quantitative estimate of drug-likeness (QED) is 0.917. The van der Waals surface area contributed by atoms with Gasteiger partial charge in [-0.2, -0.15) is 0 Å². The highest BCUT2D eigenvalue weighted by Gasteiger charge is 2.14. The topological polar surface area (TPSA) is 29.3 Å². The third kappa shape index (κ3) is 3.42. The molecule has 2 rings (SSSR count). The molecule has 3 heteroatoms. The maximum absolute atomic E-state index is 13.8. The molecule has 0 unspecified atom stereocenters. The first-order chi connectivity index (χ1) is 9.90. The van der Waals surface area contributed by atoms with E-state index in [2.05, 4.69) is 24.0 Å². The van der Waals surface area contributed by atoms with Crippen LogP contribution >= 0.6 is 0 Å². The van der Waals surface area contributed by atoms with Gasteiger partial charge in [0.2, 0.25) is 0 Å². The summed E-state index contributed by atoms with van der Waals surface area (Å²) in [6.07, 6.45) is 0. The molecule has 0 spiro atoms. The molecule has 0 aliphatic rings. The molecular formula is C18H23FN2. The van der Waals surface area contributed by atoms with E-state index in [0.29, 0.717) is 5.56 Å². The summed E-state index contributed by atoms with van der Waals surface area (Å²) in [7, 11) is 2.02. The molecule has 2 aromatic rings. The lowest BCUT2D eigenvalue weighted by Gasteiger charge is -2.25. The molecule has 0 amide bonds. The van der Waals surface area contributed by atoms with Crippen molar-refractivity contribution in [1.29, 1.82) is 0 Å². The van der Waals surface area contributed by atoms with Crippen molar-refractivity contribution in [2.24, 2.45) is 5.73 Å². The highest BCUT2D eigenvalue weighted by Crippen LogP contribution is 2.29. The second kappa shape index (κ2) is 6.27. The Bertz CT molecular complexity index is 635. The van der Waals surface area contributed by atoms with E-state index in [1.807, 2.05) is 32.2 Å². The molecule has 112 valence electrons. The van der Waals surface area contributed by atoms with Crippen molar-refractivity contribution in [2.45, 2.75) is 33.4 Å². The van der Waals surface area contributed by atoms with Crippen molar-refractivity contribution in [3.05, 3.63) is 64.5 Å². The normalized spacial score (nSPS) is 12.3. The minimum absolute atomic E-state index is 0.199. The van der Waals surface area contributed by atoms with Gasteiger partial charge in [0.05, 0.1) is 0 Å². The Kier molecular flexibility index (Phi) is 4.63. The Labute approximate surface area is 126 Å². The zero-order chi connectivity index (χ0) is 15.6. The second-order valence-corrected chi connectivity index (χ2v) is 5.73. The molecule has 21 heavy (non-hydrogen) atoms. The number of nitrogens with zero attached hydrogens (tertiary/aromatic N) is 1. The highest BCUT2D eigenvalue weighted by atomic mass is 19.1. The van der Waals surface area contributed by atoms with E-state index in [4.69, 9.17) is 5.73 Å². The molecule has 2 N–H and O–H groups in total. The first-order valence-corrected chi connectivity index (χ1v) is 7.21. The van der Waals surface area contributed by atoms with Crippen molar-refractivity contribution in [2.75, 3.05) is 11.9 Å². The number of rotatable bonds is 4. The molecule has 2 nitrogen and oxygen atoms in total. The Morgan fingerprint density at radius 1 is 1.14 bits per heavy atom. The number of aryl methyl sites for hydroxylation is 2. The fourth-order valence-corrected chi connectivity index (χ4v) is 2.51. The van der Waals surface area contributed by atoms with E-state index in [1.54, 1.807) is 13.0 Å². The molecule has 0 radical (unpaired) electrons. The monoisotopic (exact) mass is 286 g/mol. The Morgan fingerprint density at radius 2 is 1.81 bits per heavy atom. The van der Waals surface area contributed by atoms with Crippen molar-refractivity contribution < 1.29 is 4.39 Å². The summed E-state index contributed by atoms with van der Waals surface area (Å²) in [5.74, 6) is -0.199. The summed E-state index contributed by atoms with van der Waals surface area (Å²) < 4.78 is 13.8. The molecule has 0 bridgehead atoms. The van der Waals surface area contributed by atoms with Crippen molar-refractivity contribution >= 4 is 5.69 Å². The first kappa shape index (κ1) is 15.5. The van der Waals surface area contributed by atoms with Gasteiger partial charge < -0.3 is 10.6 Å². The Balaban J connectivity index is 2.37. The van der Waals surface area contributed by atoms with E-state index in [9.17, 15) is 4.39 Å². The van der Waals surface area contributed by atoms with E-state index in [1.165, 1.54) is 11.1 Å². The summed E-state index contributed by atoms with van der Waals surface area (Å²) in [5.41, 5.74) is 11.0.